The highest BCUT2D eigenvalue weighted by atomic mass is 19.3. The van der Waals surface area contributed by atoms with E-state index >= 15 is 0 Å². The molecular weight excluding hydrogens is 257 g/mol. The van der Waals surface area contributed by atoms with Crippen molar-refractivity contribution in [1.29, 1.82) is 0 Å². The molecule has 0 unspecified atom stereocenters. The van der Waals surface area contributed by atoms with Crippen molar-refractivity contribution in [3.63, 3.8) is 0 Å². The minimum Gasteiger partial charge on any atom is -0.385 e. The van der Waals surface area contributed by atoms with Crippen LogP contribution in [0.25, 0.3) is 0 Å². The predicted molar refractivity (Wildman–Crippen MR) is 65.8 cm³/mol. The number of aliphatic imine (C=N–C) groups is 1. The van der Waals surface area contributed by atoms with Crippen molar-refractivity contribution in [2.45, 2.75) is 24.8 Å². The normalized spacial score (nSPS) is 26.6. The van der Waals surface area contributed by atoms with E-state index in [2.05, 4.69) is 4.99 Å². The maximum absolute atomic E-state index is 14.4. The molecule has 3 nitrogen and oxygen atoms in total. The van der Waals surface area contributed by atoms with E-state index in [1.807, 2.05) is 0 Å². The second-order valence-electron chi connectivity index (χ2n) is 4.49. The van der Waals surface area contributed by atoms with Crippen molar-refractivity contribution in [3.8, 4) is 0 Å². The van der Waals surface area contributed by atoms with Crippen molar-refractivity contribution in [1.82, 2.24) is 0 Å². The zero-order valence-corrected chi connectivity index (χ0v) is 10.5. The summed E-state index contributed by atoms with van der Waals surface area (Å²) in [6.45, 7) is 0.521. The van der Waals surface area contributed by atoms with E-state index in [9.17, 15) is 13.2 Å². The molecule has 0 saturated carbocycles. The van der Waals surface area contributed by atoms with Crippen LogP contribution in [0.15, 0.2) is 29.3 Å². The van der Waals surface area contributed by atoms with Crippen molar-refractivity contribution < 1.29 is 17.9 Å². The molecule has 0 fully saturated rings. The average molecular weight is 272 g/mol. The molecular formula is C13H15F3N2O. The lowest BCUT2D eigenvalue weighted by Gasteiger charge is -2.35. The molecule has 6 heteroatoms. The van der Waals surface area contributed by atoms with Crippen LogP contribution in [-0.2, 0) is 10.3 Å². The van der Waals surface area contributed by atoms with Gasteiger partial charge in [-0.1, -0.05) is 25.1 Å². The summed E-state index contributed by atoms with van der Waals surface area (Å²) in [5.41, 5.74) is 3.39. The Labute approximate surface area is 109 Å². The molecule has 1 aromatic carbocycles. The van der Waals surface area contributed by atoms with Gasteiger partial charge in [-0.05, 0) is 12.5 Å². The molecule has 0 spiro atoms. The second-order valence-corrected chi connectivity index (χ2v) is 4.49. The molecule has 0 amide bonds. The van der Waals surface area contributed by atoms with Crippen LogP contribution >= 0.6 is 0 Å². The van der Waals surface area contributed by atoms with Crippen LogP contribution in [0.2, 0.25) is 0 Å². The first kappa shape index (κ1) is 13.9. The van der Waals surface area contributed by atoms with Crippen LogP contribution in [0.5, 0.6) is 0 Å². The number of nitrogens with two attached hydrogens (primary N) is 1. The molecule has 1 atom stereocenters. The monoisotopic (exact) mass is 272 g/mol. The van der Waals surface area contributed by atoms with Gasteiger partial charge >= 0.3 is 0 Å². The first-order valence-corrected chi connectivity index (χ1v) is 5.98. The third-order valence-corrected chi connectivity index (χ3v) is 3.30. The topological polar surface area (TPSA) is 47.6 Å². The number of amidine groups is 1. The van der Waals surface area contributed by atoms with Crippen molar-refractivity contribution >= 4 is 5.84 Å². The van der Waals surface area contributed by atoms with Gasteiger partial charge in [0.15, 0.2) is 5.54 Å². The van der Waals surface area contributed by atoms with Crippen molar-refractivity contribution in [3.05, 3.63) is 35.6 Å². The van der Waals surface area contributed by atoms with Gasteiger partial charge in [0.25, 0.3) is 5.92 Å². The van der Waals surface area contributed by atoms with Gasteiger partial charge in [-0.25, -0.2) is 13.2 Å². The molecule has 19 heavy (non-hydrogen) atoms. The Bertz CT molecular complexity index is 504. The fourth-order valence-electron chi connectivity index (χ4n) is 2.34. The molecule has 0 bridgehead atoms. The molecule has 1 aliphatic heterocycles. The highest BCUT2D eigenvalue weighted by molar-refractivity contribution is 5.82. The van der Waals surface area contributed by atoms with Crippen LogP contribution in [-0.4, -0.2) is 25.0 Å². The van der Waals surface area contributed by atoms with E-state index < -0.39 is 23.9 Å². The third-order valence-electron chi connectivity index (χ3n) is 3.30. The average Bonchev–Trinajstić information content (AvgIpc) is 2.47. The first-order valence-electron chi connectivity index (χ1n) is 5.98. The zero-order valence-electron chi connectivity index (χ0n) is 10.5. The van der Waals surface area contributed by atoms with E-state index in [4.69, 9.17) is 10.5 Å². The molecule has 1 heterocycles. The highest BCUT2D eigenvalue weighted by Gasteiger charge is 2.56. The van der Waals surface area contributed by atoms with Crippen molar-refractivity contribution in [2.75, 3.05) is 13.2 Å². The van der Waals surface area contributed by atoms with E-state index in [-0.39, 0.29) is 24.4 Å². The number of rotatable bonds is 2. The van der Waals surface area contributed by atoms with Gasteiger partial charge in [0.1, 0.15) is 24.9 Å². The molecule has 104 valence electrons. The molecule has 0 aliphatic carbocycles. The van der Waals surface area contributed by atoms with Gasteiger partial charge in [0, 0.05) is 5.56 Å². The number of hydrogen-bond donors (Lipinski definition) is 1. The summed E-state index contributed by atoms with van der Waals surface area (Å²) >= 11 is 0. The fourth-order valence-corrected chi connectivity index (χ4v) is 2.34. The van der Waals surface area contributed by atoms with E-state index in [1.165, 1.54) is 25.1 Å². The Morgan fingerprint density at radius 1 is 1.37 bits per heavy atom. The van der Waals surface area contributed by atoms with E-state index in [1.54, 1.807) is 0 Å². The van der Waals surface area contributed by atoms with Crippen LogP contribution in [0.3, 0.4) is 0 Å². The summed E-state index contributed by atoms with van der Waals surface area (Å²) in [6, 6.07) is 5.40. The minimum absolute atomic E-state index is 0.0534. The summed E-state index contributed by atoms with van der Waals surface area (Å²) in [7, 11) is 0. The third kappa shape index (κ3) is 2.20. The zero-order chi connectivity index (χ0) is 14.1. The van der Waals surface area contributed by atoms with Crippen LogP contribution in [0.1, 0.15) is 18.9 Å². The Morgan fingerprint density at radius 3 is 2.68 bits per heavy atom. The summed E-state index contributed by atoms with van der Waals surface area (Å²) in [5.74, 6) is -4.10. The Balaban J connectivity index is 2.68. The molecule has 0 radical (unpaired) electrons. The number of halogens is 3. The molecule has 0 aromatic heterocycles. The number of hydrogen-bond acceptors (Lipinski definition) is 3. The van der Waals surface area contributed by atoms with Gasteiger partial charge in [0.2, 0.25) is 0 Å². The molecule has 1 aliphatic rings. The number of ether oxygens (including phenoxy) is 1. The lowest BCUT2D eigenvalue weighted by molar-refractivity contribution is -0.123. The maximum Gasteiger partial charge on any atom is 0.299 e. The lowest BCUT2D eigenvalue weighted by atomic mass is 9.81. The Morgan fingerprint density at radius 2 is 2.05 bits per heavy atom. The smallest absolute Gasteiger partial charge is 0.299 e. The van der Waals surface area contributed by atoms with E-state index in [0.717, 1.165) is 6.07 Å². The van der Waals surface area contributed by atoms with Gasteiger partial charge < -0.3 is 10.5 Å². The predicted octanol–water partition coefficient (Wildman–Crippen LogP) is 2.45. The first-order chi connectivity index (χ1) is 8.93. The summed E-state index contributed by atoms with van der Waals surface area (Å²) < 4.78 is 47.5. The molecule has 1 aromatic rings. The van der Waals surface area contributed by atoms with Gasteiger partial charge in [-0.2, -0.15) is 0 Å². The standard InChI is InChI=1S/C13H15F3N2O/c1-2-12(9-5-3-4-6-10(9)14)13(15,16)8-19-7-11(17)18-12/h3-6H,2,7-8H2,1H3,(H2,17,18)/t12-/m1/s1. The molecule has 2 N–H and O–H groups in total. The number of alkyl halides is 2. The van der Waals surface area contributed by atoms with Crippen LogP contribution < -0.4 is 5.73 Å². The SMILES string of the molecule is CC[C@]1(c2ccccc2F)N=C(N)COCC1(F)F. The highest BCUT2D eigenvalue weighted by Crippen LogP contribution is 2.46. The second kappa shape index (κ2) is 4.85. The van der Waals surface area contributed by atoms with Gasteiger partial charge in [-0.15, -0.1) is 0 Å². The van der Waals surface area contributed by atoms with Gasteiger partial charge in [0.05, 0.1) is 0 Å². The van der Waals surface area contributed by atoms with E-state index in [0.29, 0.717) is 0 Å². The quantitative estimate of drug-likeness (QED) is 0.899. The Kier molecular flexibility index (Phi) is 3.54. The van der Waals surface area contributed by atoms with Crippen LogP contribution in [0.4, 0.5) is 13.2 Å². The minimum atomic E-state index is -3.33. The molecule has 0 saturated heterocycles. The largest absolute Gasteiger partial charge is 0.385 e. The summed E-state index contributed by atoms with van der Waals surface area (Å²) in [4.78, 5) is 3.89. The van der Waals surface area contributed by atoms with Gasteiger partial charge in [-0.3, -0.25) is 4.99 Å². The number of nitrogens with zero attached hydrogens (tertiary/aromatic N) is 1. The maximum atomic E-state index is 14.4. The summed E-state index contributed by atoms with van der Waals surface area (Å²) in [5, 5.41) is 0. The molecule has 2 rings (SSSR count). The fraction of sp³-hybridized carbons (Fsp3) is 0.462. The van der Waals surface area contributed by atoms with Crippen LogP contribution in [0, 0.1) is 5.82 Å². The number of benzene rings is 1. The Hall–Kier alpha value is -1.56. The lowest BCUT2D eigenvalue weighted by Crippen LogP contribution is -2.46. The summed E-state index contributed by atoms with van der Waals surface area (Å²) in [6.07, 6.45) is -0.0784. The van der Waals surface area contributed by atoms with Crippen molar-refractivity contribution in [2.24, 2.45) is 10.7 Å².